The molecule has 0 aliphatic heterocycles. The minimum atomic E-state index is -0.0504. The lowest BCUT2D eigenvalue weighted by molar-refractivity contribution is -0.118. The van der Waals surface area contributed by atoms with Gasteiger partial charge in [-0.25, -0.2) is 4.98 Å². The van der Waals surface area contributed by atoms with Crippen molar-refractivity contribution in [3.05, 3.63) is 76.7 Å². The largest absolute Gasteiger partial charge is 0.361 e. The Kier molecular flexibility index (Phi) is 4.96. The van der Waals surface area contributed by atoms with Gasteiger partial charge in [-0.15, -0.1) is 0 Å². The first-order chi connectivity index (χ1) is 13.5. The summed E-state index contributed by atoms with van der Waals surface area (Å²) in [5.74, 6) is 0.647. The third-order valence-corrected chi connectivity index (χ3v) is 5.84. The predicted molar refractivity (Wildman–Crippen MR) is 112 cm³/mol. The molecule has 0 saturated heterocycles. The smallest absolute Gasteiger partial charge is 0.235 e. The number of anilines is 1. The second kappa shape index (κ2) is 7.56. The van der Waals surface area contributed by atoms with Gasteiger partial charge in [-0.2, -0.15) is 0 Å². The van der Waals surface area contributed by atoms with Crippen molar-refractivity contribution in [2.75, 3.05) is 4.90 Å². The SMILES string of the molecule is Cc1cc(CC(=O)N(Cc2ccccc2)c2nc3c(C)c(C)ccc3s2)no1. The number of rotatable bonds is 5. The summed E-state index contributed by atoms with van der Waals surface area (Å²) in [6.45, 7) is 6.44. The van der Waals surface area contributed by atoms with E-state index in [1.54, 1.807) is 22.3 Å². The van der Waals surface area contributed by atoms with E-state index in [0.29, 0.717) is 23.1 Å². The summed E-state index contributed by atoms with van der Waals surface area (Å²) in [7, 11) is 0. The number of thiazole rings is 1. The van der Waals surface area contributed by atoms with Gasteiger partial charge in [-0.1, -0.05) is 52.9 Å². The van der Waals surface area contributed by atoms with Crippen LogP contribution in [0.3, 0.4) is 0 Å². The number of aromatic nitrogens is 2. The molecular weight excluding hydrogens is 370 g/mol. The Labute approximate surface area is 167 Å². The van der Waals surface area contributed by atoms with E-state index in [0.717, 1.165) is 21.3 Å². The second-order valence-corrected chi connectivity index (χ2v) is 7.93. The summed E-state index contributed by atoms with van der Waals surface area (Å²) in [4.78, 5) is 19.7. The lowest BCUT2D eigenvalue weighted by Crippen LogP contribution is -2.31. The van der Waals surface area contributed by atoms with E-state index < -0.39 is 0 Å². The lowest BCUT2D eigenvalue weighted by atomic mass is 10.1. The number of nitrogens with zero attached hydrogens (tertiary/aromatic N) is 3. The van der Waals surface area contributed by atoms with Crippen molar-refractivity contribution in [3.8, 4) is 0 Å². The van der Waals surface area contributed by atoms with Gasteiger partial charge in [0.2, 0.25) is 5.91 Å². The van der Waals surface area contributed by atoms with Crippen LogP contribution in [-0.2, 0) is 17.8 Å². The Hall–Kier alpha value is -2.99. The molecule has 5 nitrogen and oxygen atoms in total. The molecule has 1 amide bonds. The van der Waals surface area contributed by atoms with Gasteiger partial charge in [0, 0.05) is 6.07 Å². The molecule has 0 N–H and O–H groups in total. The van der Waals surface area contributed by atoms with Crippen LogP contribution in [0.15, 0.2) is 53.1 Å². The van der Waals surface area contributed by atoms with Crippen LogP contribution in [0.5, 0.6) is 0 Å². The van der Waals surface area contributed by atoms with E-state index in [9.17, 15) is 4.79 Å². The molecule has 0 bridgehead atoms. The number of carbonyl (C=O) groups is 1. The molecule has 6 heteroatoms. The third-order valence-electron chi connectivity index (χ3n) is 4.80. The second-order valence-electron chi connectivity index (χ2n) is 6.92. The van der Waals surface area contributed by atoms with Crippen molar-refractivity contribution < 1.29 is 9.32 Å². The molecule has 0 aliphatic carbocycles. The maximum Gasteiger partial charge on any atom is 0.235 e. The molecule has 0 fully saturated rings. The summed E-state index contributed by atoms with van der Waals surface area (Å²) in [5, 5.41) is 4.67. The first-order valence-electron chi connectivity index (χ1n) is 9.14. The zero-order chi connectivity index (χ0) is 19.7. The van der Waals surface area contributed by atoms with Crippen molar-refractivity contribution >= 4 is 32.6 Å². The molecule has 2 heterocycles. The number of amides is 1. The zero-order valence-electron chi connectivity index (χ0n) is 16.1. The molecular formula is C22H21N3O2S. The molecule has 0 saturated carbocycles. The average Bonchev–Trinajstić information content (AvgIpc) is 3.30. The Balaban J connectivity index is 1.71. The van der Waals surface area contributed by atoms with Crippen molar-refractivity contribution in [1.29, 1.82) is 0 Å². The molecule has 4 rings (SSSR count). The van der Waals surface area contributed by atoms with E-state index in [2.05, 4.69) is 31.1 Å². The Bertz CT molecular complexity index is 1130. The van der Waals surface area contributed by atoms with Gasteiger partial charge in [-0.05, 0) is 43.5 Å². The van der Waals surface area contributed by atoms with Crippen molar-refractivity contribution in [2.24, 2.45) is 0 Å². The van der Waals surface area contributed by atoms with Gasteiger partial charge in [0.05, 0.1) is 28.9 Å². The highest BCUT2D eigenvalue weighted by Crippen LogP contribution is 2.33. The highest BCUT2D eigenvalue weighted by molar-refractivity contribution is 7.22. The van der Waals surface area contributed by atoms with Crippen molar-refractivity contribution in [3.63, 3.8) is 0 Å². The number of benzene rings is 2. The Morgan fingerprint density at radius 2 is 1.89 bits per heavy atom. The summed E-state index contributed by atoms with van der Waals surface area (Å²) in [6.07, 6.45) is 0.179. The minimum absolute atomic E-state index is 0.0504. The van der Waals surface area contributed by atoms with Gasteiger partial charge in [0.1, 0.15) is 5.76 Å². The number of hydrogen-bond acceptors (Lipinski definition) is 5. The zero-order valence-corrected chi connectivity index (χ0v) is 16.9. The molecule has 4 aromatic rings. The van der Waals surface area contributed by atoms with Crippen molar-refractivity contribution in [1.82, 2.24) is 10.1 Å². The van der Waals surface area contributed by atoms with E-state index in [1.165, 1.54) is 5.56 Å². The van der Waals surface area contributed by atoms with Gasteiger partial charge in [-0.3, -0.25) is 9.69 Å². The van der Waals surface area contributed by atoms with E-state index >= 15 is 0 Å². The highest BCUT2D eigenvalue weighted by Gasteiger charge is 2.22. The highest BCUT2D eigenvalue weighted by atomic mass is 32.1. The monoisotopic (exact) mass is 391 g/mol. The summed E-state index contributed by atoms with van der Waals surface area (Å²) < 4.78 is 6.20. The van der Waals surface area contributed by atoms with E-state index in [4.69, 9.17) is 9.51 Å². The summed E-state index contributed by atoms with van der Waals surface area (Å²) in [6, 6.07) is 15.9. The van der Waals surface area contributed by atoms with Crippen molar-refractivity contribution in [2.45, 2.75) is 33.7 Å². The van der Waals surface area contributed by atoms with Gasteiger partial charge in [0.15, 0.2) is 5.13 Å². The fourth-order valence-electron chi connectivity index (χ4n) is 3.11. The van der Waals surface area contributed by atoms with E-state index in [1.807, 2.05) is 37.3 Å². The normalized spacial score (nSPS) is 11.1. The fraction of sp³-hybridized carbons (Fsp3) is 0.227. The minimum Gasteiger partial charge on any atom is -0.361 e. The molecule has 0 aliphatic rings. The quantitative estimate of drug-likeness (QED) is 0.481. The maximum atomic E-state index is 13.2. The molecule has 2 aromatic heterocycles. The molecule has 0 unspecified atom stereocenters. The summed E-state index contributed by atoms with van der Waals surface area (Å²) >= 11 is 1.54. The number of carbonyl (C=O) groups excluding carboxylic acids is 1. The van der Waals surface area contributed by atoms with Gasteiger partial charge >= 0.3 is 0 Å². The average molecular weight is 391 g/mol. The number of hydrogen-bond donors (Lipinski definition) is 0. The van der Waals surface area contributed by atoms with E-state index in [-0.39, 0.29) is 12.3 Å². The summed E-state index contributed by atoms with van der Waals surface area (Å²) in [5.41, 5.74) is 5.00. The van der Waals surface area contributed by atoms with Crippen LogP contribution in [0.1, 0.15) is 28.1 Å². The fourth-order valence-corrected chi connectivity index (χ4v) is 4.15. The third kappa shape index (κ3) is 3.68. The molecule has 0 atom stereocenters. The Morgan fingerprint density at radius 3 is 2.61 bits per heavy atom. The first kappa shape index (κ1) is 18.4. The molecule has 142 valence electrons. The van der Waals surface area contributed by atoms with Crippen LogP contribution in [0.4, 0.5) is 5.13 Å². The Morgan fingerprint density at radius 1 is 1.11 bits per heavy atom. The number of aryl methyl sites for hydroxylation is 3. The first-order valence-corrected chi connectivity index (χ1v) is 9.96. The molecule has 0 radical (unpaired) electrons. The van der Waals surface area contributed by atoms with Gasteiger partial charge < -0.3 is 4.52 Å². The van der Waals surface area contributed by atoms with Crippen LogP contribution < -0.4 is 4.90 Å². The predicted octanol–water partition coefficient (Wildman–Crippen LogP) is 4.99. The topological polar surface area (TPSA) is 59.2 Å². The molecule has 2 aromatic carbocycles. The van der Waals surface area contributed by atoms with Crippen LogP contribution in [0.25, 0.3) is 10.2 Å². The van der Waals surface area contributed by atoms with Gasteiger partial charge in [0.25, 0.3) is 0 Å². The molecule has 28 heavy (non-hydrogen) atoms. The van der Waals surface area contributed by atoms with Crippen LogP contribution in [-0.4, -0.2) is 16.0 Å². The van der Waals surface area contributed by atoms with Crippen LogP contribution in [0.2, 0.25) is 0 Å². The van der Waals surface area contributed by atoms with Crippen LogP contribution in [0, 0.1) is 20.8 Å². The maximum absolute atomic E-state index is 13.2. The lowest BCUT2D eigenvalue weighted by Gasteiger charge is -2.19. The standard InChI is InChI=1S/C22H21N3O2S/c1-14-9-10-19-21(16(14)3)23-22(28-19)25(13-17-7-5-4-6-8-17)20(26)12-18-11-15(2)27-24-18/h4-11H,12-13H2,1-3H3. The van der Waals surface area contributed by atoms with Crippen LogP contribution >= 0.6 is 11.3 Å². The molecule has 0 spiro atoms. The number of fused-ring (bicyclic) bond motifs is 1.